The third kappa shape index (κ3) is 2.52. The summed E-state index contributed by atoms with van der Waals surface area (Å²) in [6, 6.07) is 0.557. The Kier molecular flexibility index (Phi) is 3.56. The topological polar surface area (TPSA) is 74.6 Å². The first kappa shape index (κ1) is 12.7. The molecule has 0 aliphatic heterocycles. The van der Waals surface area contributed by atoms with Gasteiger partial charge in [-0.25, -0.2) is 4.98 Å². The van der Waals surface area contributed by atoms with E-state index in [-0.39, 0.29) is 0 Å². The smallest absolute Gasteiger partial charge is 0.191 e. The van der Waals surface area contributed by atoms with Crippen molar-refractivity contribution in [3.8, 4) is 0 Å². The molecule has 0 unspecified atom stereocenters. The van der Waals surface area contributed by atoms with Gasteiger partial charge in [0.25, 0.3) is 0 Å². The van der Waals surface area contributed by atoms with Crippen LogP contribution in [0.4, 0.5) is 0 Å². The number of nitrogens with zero attached hydrogens (tertiary/aromatic N) is 5. The Balaban J connectivity index is 1.75. The maximum absolute atomic E-state index is 5.72. The normalized spacial score (nSPS) is 15.1. The molecule has 2 aromatic heterocycles. The summed E-state index contributed by atoms with van der Waals surface area (Å²) in [7, 11) is 0. The maximum Gasteiger partial charge on any atom is 0.191 e. The molecule has 0 amide bonds. The number of hydrogen-bond acceptors (Lipinski definition) is 5. The molecular weight excluding hydrogens is 260 g/mol. The van der Waals surface area contributed by atoms with Gasteiger partial charge in [-0.2, -0.15) is 0 Å². The molecule has 0 saturated heterocycles. The second kappa shape index (κ2) is 5.34. The molecule has 1 aliphatic rings. The maximum atomic E-state index is 5.72. The summed E-state index contributed by atoms with van der Waals surface area (Å²) in [6.07, 6.45) is 6.27. The SMILES string of the molecule is CCn1ccnc1CSc1nnc(CN)n1C1CC1. The standard InChI is InChI=1S/C12H18N6S/c1-2-17-6-5-14-11(17)8-19-12-16-15-10(7-13)18(12)9-3-4-9/h5-6,9H,2-4,7-8,13H2,1H3. The van der Waals surface area contributed by atoms with Crippen LogP contribution < -0.4 is 5.73 Å². The van der Waals surface area contributed by atoms with E-state index < -0.39 is 0 Å². The average molecular weight is 278 g/mol. The molecule has 0 atom stereocenters. The average Bonchev–Trinajstić information content (AvgIpc) is 3.03. The van der Waals surface area contributed by atoms with Gasteiger partial charge in [0.1, 0.15) is 11.6 Å². The first-order valence-electron chi connectivity index (χ1n) is 6.60. The predicted octanol–water partition coefficient (Wildman–Crippen LogP) is 1.58. The van der Waals surface area contributed by atoms with Crippen molar-refractivity contribution < 1.29 is 0 Å². The molecule has 2 N–H and O–H groups in total. The zero-order valence-electron chi connectivity index (χ0n) is 11.0. The summed E-state index contributed by atoms with van der Waals surface area (Å²) in [5.41, 5.74) is 5.72. The van der Waals surface area contributed by atoms with Crippen molar-refractivity contribution in [1.29, 1.82) is 0 Å². The number of hydrogen-bond donors (Lipinski definition) is 1. The lowest BCUT2D eigenvalue weighted by molar-refractivity contribution is 0.626. The van der Waals surface area contributed by atoms with Crippen LogP contribution in [-0.2, 0) is 18.8 Å². The Morgan fingerprint density at radius 2 is 2.21 bits per heavy atom. The summed E-state index contributed by atoms with van der Waals surface area (Å²) in [4.78, 5) is 4.38. The molecule has 2 heterocycles. The van der Waals surface area contributed by atoms with Crippen LogP contribution in [0.3, 0.4) is 0 Å². The monoisotopic (exact) mass is 278 g/mol. The number of rotatable bonds is 6. The lowest BCUT2D eigenvalue weighted by atomic mass is 10.5. The molecule has 6 nitrogen and oxygen atoms in total. The number of nitrogens with two attached hydrogens (primary N) is 1. The molecule has 1 fully saturated rings. The minimum absolute atomic E-state index is 0.452. The van der Waals surface area contributed by atoms with E-state index >= 15 is 0 Å². The van der Waals surface area contributed by atoms with E-state index in [9.17, 15) is 0 Å². The van der Waals surface area contributed by atoms with Gasteiger partial charge in [0.15, 0.2) is 5.16 Å². The summed E-state index contributed by atoms with van der Waals surface area (Å²) in [5.74, 6) is 2.78. The molecule has 0 aromatic carbocycles. The zero-order valence-corrected chi connectivity index (χ0v) is 11.8. The highest BCUT2D eigenvalue weighted by Crippen LogP contribution is 2.39. The van der Waals surface area contributed by atoms with E-state index in [1.807, 2.05) is 12.4 Å². The largest absolute Gasteiger partial charge is 0.335 e. The van der Waals surface area contributed by atoms with Crippen LogP contribution in [-0.4, -0.2) is 24.3 Å². The molecule has 7 heteroatoms. The molecule has 0 radical (unpaired) electrons. The van der Waals surface area contributed by atoms with Gasteiger partial charge < -0.3 is 14.9 Å². The van der Waals surface area contributed by atoms with Gasteiger partial charge in [-0.3, -0.25) is 0 Å². The third-order valence-electron chi connectivity index (χ3n) is 3.30. The summed E-state index contributed by atoms with van der Waals surface area (Å²) < 4.78 is 4.35. The van der Waals surface area contributed by atoms with Crippen LogP contribution in [0, 0.1) is 0 Å². The van der Waals surface area contributed by atoms with Crippen LogP contribution in [0.25, 0.3) is 0 Å². The highest BCUT2D eigenvalue weighted by Gasteiger charge is 2.29. The number of aromatic nitrogens is 5. The molecule has 1 saturated carbocycles. The second-order valence-electron chi connectivity index (χ2n) is 4.62. The Morgan fingerprint density at radius 3 is 2.89 bits per heavy atom. The Labute approximate surface area is 116 Å². The van der Waals surface area contributed by atoms with Gasteiger partial charge in [-0.15, -0.1) is 10.2 Å². The van der Waals surface area contributed by atoms with Gasteiger partial charge in [-0.1, -0.05) is 11.8 Å². The Morgan fingerprint density at radius 1 is 1.37 bits per heavy atom. The molecule has 2 aromatic rings. The molecule has 1 aliphatic carbocycles. The summed E-state index contributed by atoms with van der Waals surface area (Å²) in [6.45, 7) is 3.52. The van der Waals surface area contributed by atoms with E-state index in [2.05, 4.69) is 31.2 Å². The molecular formula is C12H18N6S. The van der Waals surface area contributed by atoms with E-state index in [0.29, 0.717) is 12.6 Å². The van der Waals surface area contributed by atoms with E-state index in [0.717, 1.165) is 29.1 Å². The minimum Gasteiger partial charge on any atom is -0.335 e. The van der Waals surface area contributed by atoms with Crippen LogP contribution in [0.2, 0.25) is 0 Å². The van der Waals surface area contributed by atoms with Crippen molar-refractivity contribution in [1.82, 2.24) is 24.3 Å². The van der Waals surface area contributed by atoms with E-state index in [1.54, 1.807) is 11.8 Å². The lowest BCUT2D eigenvalue weighted by Gasteiger charge is -2.08. The minimum atomic E-state index is 0.452. The van der Waals surface area contributed by atoms with E-state index in [1.165, 1.54) is 12.8 Å². The Bertz CT molecular complexity index is 556. The van der Waals surface area contributed by atoms with Crippen LogP contribution in [0.1, 0.15) is 37.5 Å². The molecule has 19 heavy (non-hydrogen) atoms. The fourth-order valence-corrected chi connectivity index (χ4v) is 3.13. The number of thioether (sulfide) groups is 1. The van der Waals surface area contributed by atoms with Gasteiger partial charge >= 0.3 is 0 Å². The summed E-state index contributed by atoms with van der Waals surface area (Å²) >= 11 is 1.69. The Hall–Kier alpha value is -1.34. The van der Waals surface area contributed by atoms with Crippen molar-refractivity contribution in [3.05, 3.63) is 24.0 Å². The molecule has 102 valence electrons. The van der Waals surface area contributed by atoms with E-state index in [4.69, 9.17) is 5.73 Å². The van der Waals surface area contributed by atoms with Gasteiger partial charge in [0.2, 0.25) is 0 Å². The van der Waals surface area contributed by atoms with Crippen molar-refractivity contribution in [3.63, 3.8) is 0 Å². The molecule has 3 rings (SSSR count). The van der Waals surface area contributed by atoms with Crippen molar-refractivity contribution in [2.75, 3.05) is 0 Å². The van der Waals surface area contributed by atoms with Crippen LogP contribution in [0.5, 0.6) is 0 Å². The number of aryl methyl sites for hydroxylation is 1. The highest BCUT2D eigenvalue weighted by atomic mass is 32.2. The van der Waals surface area contributed by atoms with Crippen LogP contribution >= 0.6 is 11.8 Å². The predicted molar refractivity (Wildman–Crippen MR) is 73.6 cm³/mol. The second-order valence-corrected chi connectivity index (χ2v) is 5.56. The summed E-state index contributed by atoms with van der Waals surface area (Å²) in [5, 5.41) is 9.41. The van der Waals surface area contributed by atoms with Gasteiger partial charge in [0, 0.05) is 25.0 Å². The van der Waals surface area contributed by atoms with Gasteiger partial charge in [0.05, 0.1) is 12.3 Å². The fraction of sp³-hybridized carbons (Fsp3) is 0.583. The first-order chi connectivity index (χ1) is 9.33. The first-order valence-corrected chi connectivity index (χ1v) is 7.58. The molecule has 0 spiro atoms. The van der Waals surface area contributed by atoms with Crippen LogP contribution in [0.15, 0.2) is 17.6 Å². The quantitative estimate of drug-likeness (QED) is 0.812. The highest BCUT2D eigenvalue weighted by molar-refractivity contribution is 7.98. The van der Waals surface area contributed by atoms with Crippen molar-refractivity contribution in [2.24, 2.45) is 5.73 Å². The fourth-order valence-electron chi connectivity index (χ4n) is 2.14. The third-order valence-corrected chi connectivity index (χ3v) is 4.24. The molecule has 0 bridgehead atoms. The lowest BCUT2D eigenvalue weighted by Crippen LogP contribution is -2.08. The zero-order chi connectivity index (χ0) is 13.2. The number of imidazole rings is 1. The van der Waals surface area contributed by atoms with Crippen molar-refractivity contribution in [2.45, 2.75) is 49.8 Å². The van der Waals surface area contributed by atoms with Crippen molar-refractivity contribution >= 4 is 11.8 Å². The van der Waals surface area contributed by atoms with Gasteiger partial charge in [-0.05, 0) is 19.8 Å².